The molecule has 0 aliphatic heterocycles. The Labute approximate surface area is 133 Å². The van der Waals surface area contributed by atoms with Gasteiger partial charge in [-0.25, -0.2) is 0 Å². The maximum absolute atomic E-state index is 8.87. The van der Waals surface area contributed by atoms with Crippen molar-refractivity contribution in [2.45, 2.75) is 13.1 Å². The number of fused-ring (bicyclic) bond motifs is 1. The third kappa shape index (κ3) is 3.62. The normalized spacial score (nSPS) is 11.0. The van der Waals surface area contributed by atoms with Crippen LogP contribution in [-0.4, -0.2) is 23.3 Å². The minimum absolute atomic E-state index is 0.0221. The maximum atomic E-state index is 8.87. The number of pyridine rings is 1. The molecule has 3 rings (SSSR count). The Morgan fingerprint density at radius 2 is 2.09 bits per heavy atom. The van der Waals surface area contributed by atoms with Crippen LogP contribution >= 0.6 is 11.3 Å². The Bertz CT molecular complexity index is 742. The smallest absolute Gasteiger partial charge is 0.123 e. The second-order valence-electron chi connectivity index (χ2n) is 4.93. The molecule has 2 heterocycles. The molecule has 2 aromatic heterocycles. The van der Waals surface area contributed by atoms with E-state index in [9.17, 15) is 0 Å². The number of hydrogen-bond acceptors (Lipinski definition) is 5. The van der Waals surface area contributed by atoms with Gasteiger partial charge in [-0.15, -0.1) is 11.3 Å². The lowest BCUT2D eigenvalue weighted by molar-refractivity contribution is 0.200. The average molecular weight is 314 g/mol. The van der Waals surface area contributed by atoms with Crippen molar-refractivity contribution in [1.29, 1.82) is 0 Å². The van der Waals surface area contributed by atoms with Gasteiger partial charge in [0.25, 0.3) is 0 Å². The fourth-order valence-electron chi connectivity index (χ4n) is 2.27. The quantitative estimate of drug-likeness (QED) is 0.704. The van der Waals surface area contributed by atoms with Crippen LogP contribution in [0.15, 0.2) is 48.0 Å². The molecule has 0 aliphatic rings. The molecule has 5 heteroatoms. The van der Waals surface area contributed by atoms with Gasteiger partial charge in [0.2, 0.25) is 0 Å². The minimum atomic E-state index is 0.0221. The molecule has 1 aromatic carbocycles. The van der Waals surface area contributed by atoms with Gasteiger partial charge < -0.3 is 15.2 Å². The summed E-state index contributed by atoms with van der Waals surface area (Å²) in [6.45, 7) is 1.81. The lowest BCUT2D eigenvalue weighted by Gasteiger charge is -2.11. The second-order valence-corrected chi connectivity index (χ2v) is 5.88. The summed E-state index contributed by atoms with van der Waals surface area (Å²) < 4.78 is 6.75. The highest BCUT2D eigenvalue weighted by Gasteiger charge is 2.03. The Morgan fingerprint density at radius 3 is 3.00 bits per heavy atom. The summed E-state index contributed by atoms with van der Waals surface area (Å²) in [6.07, 6.45) is 1.91. The molecule has 0 saturated heterocycles. The first-order valence-electron chi connectivity index (χ1n) is 7.21. The molecule has 0 spiro atoms. The van der Waals surface area contributed by atoms with E-state index in [1.165, 1.54) is 10.3 Å². The third-order valence-corrected chi connectivity index (χ3v) is 4.18. The van der Waals surface area contributed by atoms with Gasteiger partial charge in [-0.05, 0) is 29.1 Å². The van der Waals surface area contributed by atoms with E-state index in [-0.39, 0.29) is 6.61 Å². The fraction of sp³-hybridized carbons (Fsp3) is 0.235. The number of thiophene rings is 1. The van der Waals surface area contributed by atoms with Crippen LogP contribution in [0.1, 0.15) is 11.1 Å². The Kier molecular flexibility index (Phi) is 5.00. The Hall–Kier alpha value is -1.95. The molecule has 0 unspecified atom stereocenters. The topological polar surface area (TPSA) is 54.4 Å². The predicted octanol–water partition coefficient (Wildman–Crippen LogP) is 2.96. The van der Waals surface area contributed by atoms with Crippen molar-refractivity contribution in [2.24, 2.45) is 0 Å². The van der Waals surface area contributed by atoms with Crippen molar-refractivity contribution < 1.29 is 9.84 Å². The molecular weight excluding hydrogens is 296 g/mol. The largest absolute Gasteiger partial charge is 0.491 e. The summed E-state index contributed by atoms with van der Waals surface area (Å²) >= 11 is 1.71. The second kappa shape index (κ2) is 7.35. The first kappa shape index (κ1) is 15.0. The molecule has 114 valence electrons. The summed E-state index contributed by atoms with van der Waals surface area (Å²) in [7, 11) is 0. The number of hydrogen-bond donors (Lipinski definition) is 2. The highest BCUT2D eigenvalue weighted by atomic mass is 32.1. The van der Waals surface area contributed by atoms with Crippen LogP contribution in [0.5, 0.6) is 5.75 Å². The molecule has 4 nitrogen and oxygen atoms in total. The average Bonchev–Trinajstić information content (AvgIpc) is 3.01. The van der Waals surface area contributed by atoms with Crippen molar-refractivity contribution in [2.75, 3.05) is 13.2 Å². The molecule has 22 heavy (non-hydrogen) atoms. The van der Waals surface area contributed by atoms with Gasteiger partial charge in [0, 0.05) is 24.8 Å². The molecule has 0 amide bonds. The minimum Gasteiger partial charge on any atom is -0.491 e. The van der Waals surface area contributed by atoms with Crippen molar-refractivity contribution in [3.63, 3.8) is 0 Å². The van der Waals surface area contributed by atoms with Crippen molar-refractivity contribution in [3.05, 3.63) is 59.1 Å². The molecule has 0 radical (unpaired) electrons. The number of nitrogens with zero attached hydrogens (tertiary/aromatic N) is 1. The van der Waals surface area contributed by atoms with Crippen LogP contribution in [0.25, 0.3) is 10.2 Å². The van der Waals surface area contributed by atoms with Crippen LogP contribution in [-0.2, 0) is 13.1 Å². The molecule has 0 atom stereocenters. The number of aliphatic hydroxyl groups excluding tert-OH is 1. The highest BCUT2D eigenvalue weighted by Crippen LogP contribution is 2.20. The molecule has 2 N–H and O–H groups in total. The summed E-state index contributed by atoms with van der Waals surface area (Å²) in [5.74, 6) is 0.816. The van der Waals surface area contributed by atoms with Gasteiger partial charge in [-0.1, -0.05) is 18.2 Å². The van der Waals surface area contributed by atoms with E-state index in [0.29, 0.717) is 13.2 Å². The number of para-hydroxylation sites is 1. The highest BCUT2D eigenvalue weighted by molar-refractivity contribution is 7.17. The van der Waals surface area contributed by atoms with E-state index < -0.39 is 0 Å². The Balaban J connectivity index is 1.60. The lowest BCUT2D eigenvalue weighted by atomic mass is 10.2. The van der Waals surface area contributed by atoms with Crippen LogP contribution in [0.2, 0.25) is 0 Å². The van der Waals surface area contributed by atoms with Gasteiger partial charge in [0.05, 0.1) is 16.8 Å². The molecule has 3 aromatic rings. The van der Waals surface area contributed by atoms with Gasteiger partial charge in [0.1, 0.15) is 12.4 Å². The first-order chi connectivity index (χ1) is 10.9. The molecule has 0 aliphatic carbocycles. The van der Waals surface area contributed by atoms with Crippen LogP contribution in [0.3, 0.4) is 0 Å². The van der Waals surface area contributed by atoms with E-state index >= 15 is 0 Å². The zero-order chi connectivity index (χ0) is 15.2. The van der Waals surface area contributed by atoms with E-state index in [2.05, 4.69) is 21.7 Å². The SMILES string of the molecule is OCCOc1ccccc1CNCc1cnc2ccsc2c1. The monoisotopic (exact) mass is 314 g/mol. The van der Waals surface area contributed by atoms with E-state index in [1.54, 1.807) is 11.3 Å². The fourth-order valence-corrected chi connectivity index (χ4v) is 3.08. The van der Waals surface area contributed by atoms with Crippen LogP contribution in [0.4, 0.5) is 0 Å². The number of aromatic nitrogens is 1. The first-order valence-corrected chi connectivity index (χ1v) is 8.09. The van der Waals surface area contributed by atoms with Gasteiger partial charge in [-0.3, -0.25) is 4.98 Å². The molecular formula is C17H18N2O2S. The van der Waals surface area contributed by atoms with Gasteiger partial charge in [0.15, 0.2) is 0 Å². The number of aliphatic hydroxyl groups is 1. The number of rotatable bonds is 7. The molecule has 0 bridgehead atoms. The Morgan fingerprint density at radius 1 is 1.18 bits per heavy atom. The van der Waals surface area contributed by atoms with Crippen molar-refractivity contribution >= 4 is 21.6 Å². The predicted molar refractivity (Wildman–Crippen MR) is 89.2 cm³/mol. The zero-order valence-corrected chi connectivity index (χ0v) is 13.0. The summed E-state index contributed by atoms with van der Waals surface area (Å²) in [4.78, 5) is 4.44. The van der Waals surface area contributed by atoms with Crippen molar-refractivity contribution in [3.8, 4) is 5.75 Å². The summed E-state index contributed by atoms with van der Waals surface area (Å²) in [6, 6.07) is 12.1. The molecule has 0 fully saturated rings. The molecule has 0 saturated carbocycles. The van der Waals surface area contributed by atoms with Gasteiger partial charge >= 0.3 is 0 Å². The van der Waals surface area contributed by atoms with Gasteiger partial charge in [-0.2, -0.15) is 0 Å². The number of nitrogens with one attached hydrogen (secondary N) is 1. The number of ether oxygens (including phenoxy) is 1. The lowest BCUT2D eigenvalue weighted by Crippen LogP contribution is -2.14. The third-order valence-electron chi connectivity index (χ3n) is 3.33. The van der Waals surface area contributed by atoms with Crippen molar-refractivity contribution in [1.82, 2.24) is 10.3 Å². The zero-order valence-electron chi connectivity index (χ0n) is 12.2. The summed E-state index contributed by atoms with van der Waals surface area (Å²) in [5.41, 5.74) is 3.31. The van der Waals surface area contributed by atoms with E-state index in [4.69, 9.17) is 9.84 Å². The number of benzene rings is 1. The van der Waals surface area contributed by atoms with Crippen LogP contribution in [0, 0.1) is 0 Å². The van der Waals surface area contributed by atoms with E-state index in [1.807, 2.05) is 36.5 Å². The van der Waals surface area contributed by atoms with Crippen LogP contribution < -0.4 is 10.1 Å². The van der Waals surface area contributed by atoms with E-state index in [0.717, 1.165) is 23.4 Å². The summed E-state index contributed by atoms with van der Waals surface area (Å²) in [5, 5.41) is 14.3. The maximum Gasteiger partial charge on any atom is 0.123 e. The standard InChI is InChI=1S/C17H18N2O2S/c20-6-7-21-16-4-2-1-3-14(16)12-18-10-13-9-17-15(19-11-13)5-8-22-17/h1-5,8-9,11,18,20H,6-7,10,12H2.